The lowest BCUT2D eigenvalue weighted by Crippen LogP contribution is -2.33. The van der Waals surface area contributed by atoms with E-state index in [0.29, 0.717) is 17.0 Å². The molecular formula is C12H15ClFNO2. The van der Waals surface area contributed by atoms with Crippen molar-refractivity contribution in [2.75, 3.05) is 6.54 Å². The average molecular weight is 260 g/mol. The molecule has 3 nitrogen and oxygen atoms in total. The zero-order valence-electron chi connectivity index (χ0n) is 9.54. The summed E-state index contributed by atoms with van der Waals surface area (Å²) < 4.78 is 13.2. The van der Waals surface area contributed by atoms with Crippen LogP contribution in [0.1, 0.15) is 25.3 Å². The number of halogens is 2. The fourth-order valence-electron chi connectivity index (χ4n) is 1.69. The molecule has 1 aromatic rings. The van der Waals surface area contributed by atoms with Crippen LogP contribution in [0.4, 0.5) is 4.39 Å². The highest BCUT2D eigenvalue weighted by Gasteiger charge is 2.28. The first kappa shape index (κ1) is 13.9. The van der Waals surface area contributed by atoms with Gasteiger partial charge in [0.1, 0.15) is 5.82 Å². The third kappa shape index (κ3) is 3.41. The molecule has 5 heteroatoms. The first-order valence-electron chi connectivity index (χ1n) is 5.26. The fraction of sp³-hybridized carbons (Fsp3) is 0.417. The van der Waals surface area contributed by atoms with Gasteiger partial charge in [0, 0.05) is 23.4 Å². The second-order valence-corrected chi connectivity index (χ2v) is 4.69. The molecule has 0 aromatic heterocycles. The molecule has 1 aromatic carbocycles. The smallest absolute Gasteiger partial charge is 0.303 e. The van der Waals surface area contributed by atoms with Gasteiger partial charge < -0.3 is 10.8 Å². The first-order valence-corrected chi connectivity index (χ1v) is 5.64. The minimum atomic E-state index is -0.905. The minimum Gasteiger partial charge on any atom is -0.481 e. The van der Waals surface area contributed by atoms with E-state index in [1.54, 1.807) is 6.92 Å². The molecular weight excluding hydrogens is 245 g/mol. The zero-order valence-corrected chi connectivity index (χ0v) is 10.3. The van der Waals surface area contributed by atoms with Gasteiger partial charge >= 0.3 is 5.97 Å². The predicted octanol–water partition coefficient (Wildman–Crippen LogP) is 2.56. The Morgan fingerprint density at radius 3 is 2.76 bits per heavy atom. The van der Waals surface area contributed by atoms with E-state index in [9.17, 15) is 9.18 Å². The van der Waals surface area contributed by atoms with Gasteiger partial charge in [-0.1, -0.05) is 18.5 Å². The highest BCUT2D eigenvalue weighted by Crippen LogP contribution is 2.33. The molecule has 0 fully saturated rings. The van der Waals surface area contributed by atoms with Crippen LogP contribution in [0.25, 0.3) is 0 Å². The lowest BCUT2D eigenvalue weighted by molar-refractivity contribution is -0.137. The van der Waals surface area contributed by atoms with E-state index in [0.717, 1.165) is 0 Å². The third-order valence-electron chi connectivity index (χ3n) is 2.92. The summed E-state index contributed by atoms with van der Waals surface area (Å²) in [5.74, 6) is -1.31. The van der Waals surface area contributed by atoms with E-state index in [-0.39, 0.29) is 13.0 Å². The van der Waals surface area contributed by atoms with Crippen LogP contribution in [-0.4, -0.2) is 17.6 Å². The van der Waals surface area contributed by atoms with Crippen molar-refractivity contribution >= 4 is 17.6 Å². The van der Waals surface area contributed by atoms with Gasteiger partial charge in [-0.2, -0.15) is 0 Å². The van der Waals surface area contributed by atoms with E-state index in [1.165, 1.54) is 18.2 Å². The van der Waals surface area contributed by atoms with Crippen LogP contribution < -0.4 is 5.73 Å². The topological polar surface area (TPSA) is 63.3 Å². The van der Waals surface area contributed by atoms with Crippen LogP contribution in [0.15, 0.2) is 18.2 Å². The molecule has 0 saturated carbocycles. The SMILES string of the molecule is CC(CN)(CCC(=O)O)c1cc(F)ccc1Cl. The fourth-order valence-corrected chi connectivity index (χ4v) is 2.04. The van der Waals surface area contributed by atoms with Crippen molar-refractivity contribution in [2.45, 2.75) is 25.2 Å². The summed E-state index contributed by atoms with van der Waals surface area (Å²) in [6.45, 7) is 2.00. The van der Waals surface area contributed by atoms with Crippen molar-refractivity contribution in [1.82, 2.24) is 0 Å². The lowest BCUT2D eigenvalue weighted by Gasteiger charge is -2.29. The molecule has 0 amide bonds. The second-order valence-electron chi connectivity index (χ2n) is 4.28. The third-order valence-corrected chi connectivity index (χ3v) is 3.25. The number of benzene rings is 1. The molecule has 17 heavy (non-hydrogen) atoms. The summed E-state index contributed by atoms with van der Waals surface area (Å²) in [6.07, 6.45) is 0.294. The molecule has 0 heterocycles. The Labute approximate surface area is 104 Å². The number of carbonyl (C=O) groups is 1. The zero-order chi connectivity index (χ0) is 13.1. The second kappa shape index (κ2) is 5.47. The van der Waals surface area contributed by atoms with Gasteiger partial charge in [-0.15, -0.1) is 0 Å². The Morgan fingerprint density at radius 2 is 2.24 bits per heavy atom. The first-order chi connectivity index (χ1) is 7.89. The Hall–Kier alpha value is -1.13. The van der Waals surface area contributed by atoms with Crippen LogP contribution >= 0.6 is 11.6 Å². The summed E-state index contributed by atoms with van der Waals surface area (Å²) in [6, 6.07) is 4.04. The van der Waals surface area contributed by atoms with E-state index in [2.05, 4.69) is 0 Å². The normalized spacial score (nSPS) is 14.4. The maximum Gasteiger partial charge on any atom is 0.303 e. The van der Waals surface area contributed by atoms with E-state index < -0.39 is 17.2 Å². The molecule has 0 aliphatic heterocycles. The Bertz CT molecular complexity index is 425. The average Bonchev–Trinajstić information content (AvgIpc) is 2.29. The molecule has 1 atom stereocenters. The number of hydrogen-bond acceptors (Lipinski definition) is 2. The molecule has 1 rings (SSSR count). The summed E-state index contributed by atoms with van der Waals surface area (Å²) in [7, 11) is 0. The van der Waals surface area contributed by atoms with Gasteiger partial charge in [-0.3, -0.25) is 4.79 Å². The molecule has 0 aliphatic rings. The molecule has 0 saturated heterocycles. The van der Waals surface area contributed by atoms with Gasteiger partial charge in [0.25, 0.3) is 0 Å². The van der Waals surface area contributed by atoms with E-state index >= 15 is 0 Å². The van der Waals surface area contributed by atoms with Crippen LogP contribution in [-0.2, 0) is 10.2 Å². The number of aliphatic carboxylic acids is 1. The largest absolute Gasteiger partial charge is 0.481 e. The number of nitrogens with two attached hydrogens (primary N) is 1. The summed E-state index contributed by atoms with van der Waals surface area (Å²) >= 11 is 6.01. The highest BCUT2D eigenvalue weighted by atomic mass is 35.5. The van der Waals surface area contributed by atoms with Gasteiger partial charge in [0.05, 0.1) is 0 Å². The van der Waals surface area contributed by atoms with E-state index in [1.807, 2.05) is 0 Å². The molecule has 3 N–H and O–H groups in total. The van der Waals surface area contributed by atoms with Crippen molar-refractivity contribution in [3.05, 3.63) is 34.6 Å². The van der Waals surface area contributed by atoms with Crippen LogP contribution in [0.5, 0.6) is 0 Å². The van der Waals surface area contributed by atoms with Crippen molar-refractivity contribution in [1.29, 1.82) is 0 Å². The van der Waals surface area contributed by atoms with Crippen LogP contribution in [0.3, 0.4) is 0 Å². The van der Waals surface area contributed by atoms with Crippen molar-refractivity contribution in [3.8, 4) is 0 Å². The highest BCUT2D eigenvalue weighted by molar-refractivity contribution is 6.31. The molecule has 0 bridgehead atoms. The molecule has 0 aliphatic carbocycles. The van der Waals surface area contributed by atoms with Crippen LogP contribution in [0.2, 0.25) is 5.02 Å². The monoisotopic (exact) mass is 259 g/mol. The number of carboxylic acid groups (broad SMARTS) is 1. The van der Waals surface area contributed by atoms with Crippen molar-refractivity contribution < 1.29 is 14.3 Å². The molecule has 1 unspecified atom stereocenters. The standard InChI is InChI=1S/C12H15ClFNO2/c1-12(7-15,5-4-11(16)17)9-6-8(14)2-3-10(9)13/h2-3,6H,4-5,7,15H2,1H3,(H,16,17). The summed E-state index contributed by atoms with van der Waals surface area (Å²) in [5, 5.41) is 9.10. The predicted molar refractivity (Wildman–Crippen MR) is 64.7 cm³/mol. The van der Waals surface area contributed by atoms with Gasteiger partial charge in [0.2, 0.25) is 0 Å². The van der Waals surface area contributed by atoms with Gasteiger partial charge in [-0.25, -0.2) is 4.39 Å². The quantitative estimate of drug-likeness (QED) is 0.854. The number of hydrogen-bond donors (Lipinski definition) is 2. The van der Waals surface area contributed by atoms with Crippen molar-refractivity contribution in [2.24, 2.45) is 5.73 Å². The van der Waals surface area contributed by atoms with Crippen molar-refractivity contribution in [3.63, 3.8) is 0 Å². The van der Waals surface area contributed by atoms with E-state index in [4.69, 9.17) is 22.4 Å². The summed E-state index contributed by atoms with van der Waals surface area (Å²) in [4.78, 5) is 10.6. The van der Waals surface area contributed by atoms with Crippen LogP contribution in [0, 0.1) is 5.82 Å². The lowest BCUT2D eigenvalue weighted by atomic mass is 9.78. The number of rotatable bonds is 5. The Morgan fingerprint density at radius 1 is 1.59 bits per heavy atom. The van der Waals surface area contributed by atoms with Gasteiger partial charge in [-0.05, 0) is 30.2 Å². The maximum absolute atomic E-state index is 13.2. The van der Waals surface area contributed by atoms with Gasteiger partial charge in [0.15, 0.2) is 0 Å². The molecule has 0 spiro atoms. The minimum absolute atomic E-state index is 0.0272. The Balaban J connectivity index is 3.06. The Kier molecular flexibility index (Phi) is 4.48. The molecule has 0 radical (unpaired) electrons. The molecule has 94 valence electrons. The summed E-state index contributed by atoms with van der Waals surface area (Å²) in [5.41, 5.74) is 5.60. The number of carboxylic acids is 1. The maximum atomic E-state index is 13.2.